The van der Waals surface area contributed by atoms with Gasteiger partial charge >= 0.3 is 7.12 Å². The Morgan fingerprint density at radius 1 is 1.32 bits per heavy atom. The topological polar surface area (TPSA) is 40.6 Å². The Balaban J connectivity index is 2.61. The highest BCUT2D eigenvalue weighted by molar-refractivity contribution is 6.62. The van der Waals surface area contributed by atoms with Crippen molar-refractivity contribution in [3.63, 3.8) is 0 Å². The molecular formula is C14H22BNO3. The fourth-order valence-electron chi connectivity index (χ4n) is 1.54. The van der Waals surface area contributed by atoms with Crippen LogP contribution in [0.5, 0.6) is 5.75 Å². The molecule has 0 bridgehead atoms. The Morgan fingerprint density at radius 2 is 1.95 bits per heavy atom. The summed E-state index contributed by atoms with van der Waals surface area (Å²) in [7, 11) is -1.25. The highest BCUT2D eigenvalue weighted by Gasteiger charge is 2.51. The van der Waals surface area contributed by atoms with Crippen LogP contribution in [0.4, 0.5) is 0 Å². The number of hydrogen-bond donors (Lipinski definition) is 0. The van der Waals surface area contributed by atoms with Crippen molar-refractivity contribution in [3.05, 3.63) is 18.4 Å². The summed E-state index contributed by atoms with van der Waals surface area (Å²) in [5.74, 6) is -0.854. The molecule has 2 heterocycles. The third kappa shape index (κ3) is 2.93. The van der Waals surface area contributed by atoms with E-state index < -0.39 is 62.2 Å². The van der Waals surface area contributed by atoms with Crippen molar-refractivity contribution in [2.24, 2.45) is 0 Å². The molecule has 2 rings (SSSR count). The largest absolute Gasteiger partial charge is 0.496 e. The van der Waals surface area contributed by atoms with Gasteiger partial charge in [0.25, 0.3) is 0 Å². The molecule has 0 aromatic carbocycles. The van der Waals surface area contributed by atoms with E-state index in [9.17, 15) is 0 Å². The Bertz CT molecular complexity index is 778. The molecule has 1 aromatic heterocycles. The van der Waals surface area contributed by atoms with Gasteiger partial charge in [0, 0.05) is 19.9 Å². The quantitative estimate of drug-likeness (QED) is 0.791. The first-order chi connectivity index (χ1) is 12.8. The minimum Gasteiger partial charge on any atom is -0.489 e. The summed E-state index contributed by atoms with van der Waals surface area (Å²) in [6.07, 6.45) is -4.83. The van der Waals surface area contributed by atoms with Crippen molar-refractivity contribution in [3.8, 4) is 5.75 Å². The Morgan fingerprint density at radius 3 is 2.53 bits per heavy atom. The molecule has 1 fully saturated rings. The minimum atomic E-state index is -3.45. The van der Waals surface area contributed by atoms with Gasteiger partial charge in [0.1, 0.15) is 5.75 Å². The molecule has 4 nitrogen and oxygen atoms in total. The van der Waals surface area contributed by atoms with Gasteiger partial charge in [-0.1, -0.05) is 0 Å². The number of rotatable bonds is 3. The normalized spacial score (nSPS) is 30.4. The molecule has 0 unspecified atom stereocenters. The molecular weight excluding hydrogens is 241 g/mol. The van der Waals surface area contributed by atoms with Gasteiger partial charge in [-0.15, -0.1) is 0 Å². The van der Waals surface area contributed by atoms with Crippen molar-refractivity contribution >= 4 is 12.6 Å². The van der Waals surface area contributed by atoms with Gasteiger partial charge < -0.3 is 14.0 Å². The summed E-state index contributed by atoms with van der Waals surface area (Å²) in [6.45, 7) is 0.0939. The van der Waals surface area contributed by atoms with Crippen LogP contribution in [0.25, 0.3) is 0 Å². The summed E-state index contributed by atoms with van der Waals surface area (Å²) < 4.78 is 93.3. The number of pyridine rings is 1. The zero-order valence-electron chi connectivity index (χ0n) is 21.2. The van der Waals surface area contributed by atoms with Crippen LogP contribution in [0, 0.1) is 0 Å². The fourth-order valence-corrected chi connectivity index (χ4v) is 1.54. The van der Waals surface area contributed by atoms with Crippen molar-refractivity contribution in [1.29, 1.82) is 0 Å². The van der Waals surface area contributed by atoms with Crippen molar-refractivity contribution < 1.29 is 27.8 Å². The van der Waals surface area contributed by atoms with E-state index in [4.69, 9.17) is 27.8 Å². The van der Waals surface area contributed by atoms with Gasteiger partial charge in [0.15, 0.2) is 0 Å². The second kappa shape index (κ2) is 4.80. The zero-order valence-corrected chi connectivity index (χ0v) is 11.2. The third-order valence-electron chi connectivity index (χ3n) is 3.28. The number of nitrogens with zero attached hydrogens (tertiary/aromatic N) is 1. The lowest BCUT2D eigenvalue weighted by Gasteiger charge is -2.32. The highest BCUT2D eigenvalue weighted by atomic mass is 16.7. The highest BCUT2D eigenvalue weighted by Crippen LogP contribution is 2.36. The standard InChI is InChI=1S/C14H22BNO3/c1-10(2)17-12-7-11(8-16-9-12)15-18-13(3,4)14(5,6)19-15/h7-10H,1-6H3/i1D3,2D3,7D,8D,9D,10D. The van der Waals surface area contributed by atoms with Crippen LogP contribution >= 0.6 is 0 Å². The molecule has 0 N–H and O–H groups in total. The van der Waals surface area contributed by atoms with Gasteiger partial charge in [-0.3, -0.25) is 4.98 Å². The lowest BCUT2D eigenvalue weighted by atomic mass is 9.80. The van der Waals surface area contributed by atoms with Crippen molar-refractivity contribution in [2.45, 2.75) is 58.7 Å². The molecule has 1 saturated heterocycles. The third-order valence-corrected chi connectivity index (χ3v) is 3.28. The van der Waals surface area contributed by atoms with Crippen LogP contribution in [-0.4, -0.2) is 29.4 Å². The minimum absolute atomic E-state index is 0.256. The first kappa shape index (κ1) is 6.14. The first-order valence-electron chi connectivity index (χ1n) is 10.8. The smallest absolute Gasteiger partial charge is 0.489 e. The number of aromatic nitrogens is 1. The van der Waals surface area contributed by atoms with Crippen LogP contribution in [0.3, 0.4) is 0 Å². The van der Waals surface area contributed by atoms with Gasteiger partial charge in [0.2, 0.25) is 0 Å². The van der Waals surface area contributed by atoms with E-state index in [1.54, 1.807) is 27.7 Å². The number of ether oxygens (including phenoxy) is 1. The molecule has 1 aromatic rings. The molecule has 0 radical (unpaired) electrons. The van der Waals surface area contributed by atoms with Gasteiger partial charge in [-0.25, -0.2) is 0 Å². The van der Waals surface area contributed by atoms with Crippen LogP contribution in [0.2, 0.25) is 0 Å². The van der Waals surface area contributed by atoms with E-state index in [0.717, 1.165) is 0 Å². The van der Waals surface area contributed by atoms with Gasteiger partial charge in [-0.05, 0) is 47.4 Å². The lowest BCUT2D eigenvalue weighted by Crippen LogP contribution is -2.41. The maximum atomic E-state index is 8.33. The van der Waals surface area contributed by atoms with E-state index >= 15 is 0 Å². The molecule has 0 aliphatic carbocycles. The van der Waals surface area contributed by atoms with E-state index in [1.165, 1.54) is 0 Å². The average molecular weight is 273 g/mol. The Kier molecular flexibility index (Phi) is 1.55. The summed E-state index contributed by atoms with van der Waals surface area (Å²) in [6, 6.07) is -0.696. The maximum Gasteiger partial charge on any atom is 0.496 e. The monoisotopic (exact) mass is 273 g/mol. The maximum absolute atomic E-state index is 8.33. The summed E-state index contributed by atoms with van der Waals surface area (Å²) >= 11 is 0. The summed E-state index contributed by atoms with van der Waals surface area (Å²) in [4.78, 5) is 3.60. The molecule has 5 heteroatoms. The molecule has 1 aliphatic heterocycles. The number of hydrogen-bond acceptors (Lipinski definition) is 4. The summed E-state index contributed by atoms with van der Waals surface area (Å²) in [5, 5.41) is 0. The van der Waals surface area contributed by atoms with Gasteiger partial charge in [-0.2, -0.15) is 0 Å². The zero-order chi connectivity index (χ0) is 22.8. The van der Waals surface area contributed by atoms with Crippen molar-refractivity contribution in [2.75, 3.05) is 0 Å². The van der Waals surface area contributed by atoms with E-state index in [-0.39, 0.29) is 5.46 Å². The predicted octanol–water partition coefficient (Wildman–Crippen LogP) is 2.17. The second-order valence-corrected chi connectivity index (χ2v) is 5.22. The van der Waals surface area contributed by atoms with E-state index in [2.05, 4.69) is 4.98 Å². The summed E-state index contributed by atoms with van der Waals surface area (Å²) in [5.41, 5.74) is -1.91. The SMILES string of the molecule is [2H]c1nc([2H])c(B2OC(C)(C)C(C)(C)O2)c([2H])c1OC([2H])(C([2H])([2H])[2H])C([2H])([2H])[2H]. The first-order valence-corrected chi connectivity index (χ1v) is 5.77. The van der Waals surface area contributed by atoms with Gasteiger partial charge in [0.05, 0.1) is 28.9 Å². The Labute approximate surface area is 129 Å². The molecule has 0 atom stereocenters. The van der Waals surface area contributed by atoms with Crippen LogP contribution in [0.1, 0.15) is 55.1 Å². The molecule has 1 aliphatic rings. The lowest BCUT2D eigenvalue weighted by molar-refractivity contribution is 0.00578. The average Bonchev–Trinajstić information content (AvgIpc) is 2.68. The molecule has 0 saturated carbocycles. The van der Waals surface area contributed by atoms with Crippen LogP contribution in [-0.2, 0) is 9.31 Å². The van der Waals surface area contributed by atoms with Crippen LogP contribution in [0.15, 0.2) is 18.4 Å². The fraction of sp³-hybridized carbons (Fsp3) is 0.643. The molecule has 0 spiro atoms. The van der Waals surface area contributed by atoms with E-state index in [0.29, 0.717) is 0 Å². The molecule has 104 valence electrons. The Hall–Kier alpha value is -1.07. The second-order valence-electron chi connectivity index (χ2n) is 5.22. The molecule has 19 heavy (non-hydrogen) atoms. The van der Waals surface area contributed by atoms with E-state index in [1.807, 2.05) is 0 Å². The molecule has 0 amide bonds. The van der Waals surface area contributed by atoms with Crippen molar-refractivity contribution in [1.82, 2.24) is 4.98 Å². The predicted molar refractivity (Wildman–Crippen MR) is 75.7 cm³/mol. The van der Waals surface area contributed by atoms with Crippen LogP contribution < -0.4 is 10.2 Å².